The van der Waals surface area contributed by atoms with E-state index in [0.29, 0.717) is 37.3 Å². The highest BCUT2D eigenvalue weighted by Crippen LogP contribution is 2.33. The van der Waals surface area contributed by atoms with Crippen LogP contribution in [0.3, 0.4) is 0 Å². The van der Waals surface area contributed by atoms with Gasteiger partial charge in [0.25, 0.3) is 5.91 Å². The molecule has 0 aromatic heterocycles. The Morgan fingerprint density at radius 3 is 2.46 bits per heavy atom. The molecule has 2 aromatic carbocycles. The van der Waals surface area contributed by atoms with Crippen molar-refractivity contribution in [3.05, 3.63) is 56.9 Å². The molecule has 8 heteroatoms. The van der Waals surface area contributed by atoms with Gasteiger partial charge >= 0.3 is 0 Å². The summed E-state index contributed by atoms with van der Waals surface area (Å²) in [6.07, 6.45) is 1.74. The fourth-order valence-corrected chi connectivity index (χ4v) is 3.63. The molecule has 0 atom stereocenters. The van der Waals surface area contributed by atoms with Gasteiger partial charge in [-0.15, -0.1) is 0 Å². The highest BCUT2D eigenvalue weighted by molar-refractivity contribution is 8.18. The summed E-state index contributed by atoms with van der Waals surface area (Å²) < 4.78 is 10.5. The number of rotatable bonds is 4. The molecule has 2 aromatic rings. The topological polar surface area (TPSA) is 59.9 Å². The third-order valence-electron chi connectivity index (χ3n) is 3.46. The summed E-state index contributed by atoms with van der Waals surface area (Å²) in [5.74, 6) is 1.05. The zero-order valence-corrected chi connectivity index (χ0v) is 16.2. The van der Waals surface area contributed by atoms with Gasteiger partial charge in [-0.3, -0.25) is 4.79 Å². The third-order valence-corrected chi connectivity index (χ3v) is 4.80. The van der Waals surface area contributed by atoms with Crippen LogP contribution in [0.25, 0.3) is 6.08 Å². The van der Waals surface area contributed by atoms with E-state index < -0.39 is 0 Å². The molecule has 0 aliphatic carbocycles. The van der Waals surface area contributed by atoms with Gasteiger partial charge in [-0.2, -0.15) is 0 Å². The van der Waals surface area contributed by atoms with Crippen LogP contribution in [0, 0.1) is 0 Å². The van der Waals surface area contributed by atoms with Gasteiger partial charge < -0.3 is 14.8 Å². The molecule has 1 aliphatic heterocycles. The molecule has 5 nitrogen and oxygen atoms in total. The van der Waals surface area contributed by atoms with Crippen LogP contribution in [0.5, 0.6) is 11.5 Å². The number of benzene rings is 2. The van der Waals surface area contributed by atoms with Crippen LogP contribution in [-0.2, 0) is 4.79 Å². The molecule has 0 saturated carbocycles. The number of hydrogen-bond acceptors (Lipinski definition) is 5. The van der Waals surface area contributed by atoms with Crippen molar-refractivity contribution in [2.24, 2.45) is 4.99 Å². The van der Waals surface area contributed by atoms with Crippen molar-refractivity contribution in [2.45, 2.75) is 0 Å². The largest absolute Gasteiger partial charge is 0.497 e. The van der Waals surface area contributed by atoms with E-state index in [2.05, 4.69) is 10.3 Å². The highest BCUT2D eigenvalue weighted by Gasteiger charge is 2.24. The molecular weight excluding hydrogens is 395 g/mol. The van der Waals surface area contributed by atoms with E-state index in [1.54, 1.807) is 50.6 Å². The summed E-state index contributed by atoms with van der Waals surface area (Å²) in [7, 11) is 3.15. The minimum absolute atomic E-state index is 0.236. The van der Waals surface area contributed by atoms with Crippen molar-refractivity contribution in [3.63, 3.8) is 0 Å². The van der Waals surface area contributed by atoms with Gasteiger partial charge in [-0.05, 0) is 48.2 Å². The second-order valence-electron chi connectivity index (χ2n) is 5.22. The van der Waals surface area contributed by atoms with E-state index >= 15 is 0 Å². The first kappa shape index (κ1) is 18.6. The maximum absolute atomic E-state index is 12.2. The number of carbonyl (C=O) groups is 1. The predicted molar refractivity (Wildman–Crippen MR) is 107 cm³/mol. The molecular formula is C18H14Cl2N2O3S. The van der Waals surface area contributed by atoms with Crippen LogP contribution in [-0.4, -0.2) is 25.3 Å². The Balaban J connectivity index is 1.88. The molecule has 1 aliphatic rings. The van der Waals surface area contributed by atoms with Gasteiger partial charge in [-0.1, -0.05) is 23.2 Å². The fraction of sp³-hybridized carbons (Fsp3) is 0.111. The lowest BCUT2D eigenvalue weighted by Gasteiger charge is -2.07. The number of amides is 1. The van der Waals surface area contributed by atoms with Crippen LogP contribution in [0.1, 0.15) is 5.56 Å². The summed E-state index contributed by atoms with van der Waals surface area (Å²) >= 11 is 13.2. The van der Waals surface area contributed by atoms with Crippen LogP contribution >= 0.6 is 35.0 Å². The molecule has 1 N–H and O–H groups in total. The number of methoxy groups -OCH3 is 2. The van der Waals surface area contributed by atoms with Gasteiger partial charge in [0, 0.05) is 21.7 Å². The van der Waals surface area contributed by atoms with Crippen molar-refractivity contribution >= 4 is 57.8 Å². The number of nitrogens with zero attached hydrogens (tertiary/aromatic N) is 1. The van der Waals surface area contributed by atoms with Crippen LogP contribution in [0.4, 0.5) is 5.69 Å². The molecule has 1 fully saturated rings. The molecule has 1 heterocycles. The monoisotopic (exact) mass is 408 g/mol. The molecule has 1 saturated heterocycles. The second-order valence-corrected chi connectivity index (χ2v) is 7.12. The molecule has 3 rings (SSSR count). The lowest BCUT2D eigenvalue weighted by molar-refractivity contribution is -0.115. The number of carbonyl (C=O) groups excluding carboxylic acids is 1. The first-order chi connectivity index (χ1) is 12.5. The van der Waals surface area contributed by atoms with Crippen molar-refractivity contribution in [1.82, 2.24) is 5.32 Å². The highest BCUT2D eigenvalue weighted by atomic mass is 35.5. The van der Waals surface area contributed by atoms with Gasteiger partial charge in [0.2, 0.25) is 0 Å². The van der Waals surface area contributed by atoms with Gasteiger partial charge in [0.05, 0.1) is 24.8 Å². The van der Waals surface area contributed by atoms with Crippen molar-refractivity contribution in [3.8, 4) is 11.5 Å². The number of aliphatic imine (C=N–C) groups is 1. The Morgan fingerprint density at radius 1 is 1.08 bits per heavy atom. The molecule has 1 amide bonds. The maximum atomic E-state index is 12.2. The van der Waals surface area contributed by atoms with E-state index in [9.17, 15) is 4.79 Å². The maximum Gasteiger partial charge on any atom is 0.264 e. The van der Waals surface area contributed by atoms with Crippen LogP contribution in [0.15, 0.2) is 46.3 Å². The summed E-state index contributed by atoms with van der Waals surface area (Å²) in [4.78, 5) is 17.1. The van der Waals surface area contributed by atoms with E-state index in [-0.39, 0.29) is 5.91 Å². The predicted octanol–water partition coefficient (Wildman–Crippen LogP) is 4.90. The summed E-state index contributed by atoms with van der Waals surface area (Å²) in [5, 5.41) is 4.13. The Kier molecular flexibility index (Phi) is 5.76. The van der Waals surface area contributed by atoms with E-state index in [1.807, 2.05) is 6.07 Å². The minimum atomic E-state index is -0.236. The second kappa shape index (κ2) is 8.03. The number of amidine groups is 1. The van der Waals surface area contributed by atoms with Crippen molar-refractivity contribution < 1.29 is 14.3 Å². The number of thioether (sulfide) groups is 1. The Hall–Kier alpha value is -2.15. The number of halogens is 2. The first-order valence-corrected chi connectivity index (χ1v) is 9.03. The van der Waals surface area contributed by atoms with Crippen LogP contribution in [0.2, 0.25) is 10.0 Å². The third kappa shape index (κ3) is 4.33. The fourth-order valence-electron chi connectivity index (χ4n) is 2.28. The molecule has 134 valence electrons. The SMILES string of the molecule is COc1ccc(C=C2SC(=Nc3cc(Cl)cc(Cl)c3)NC2=O)c(OC)c1. The van der Waals surface area contributed by atoms with E-state index in [0.717, 1.165) is 5.56 Å². The van der Waals surface area contributed by atoms with E-state index in [4.69, 9.17) is 32.7 Å². The van der Waals surface area contributed by atoms with Crippen LogP contribution < -0.4 is 14.8 Å². The lowest BCUT2D eigenvalue weighted by atomic mass is 10.1. The Labute approximate surface area is 165 Å². The number of ether oxygens (including phenoxy) is 2. The summed E-state index contributed by atoms with van der Waals surface area (Å²) in [5.41, 5.74) is 1.33. The quantitative estimate of drug-likeness (QED) is 0.730. The average Bonchev–Trinajstić information content (AvgIpc) is 2.93. The standard InChI is InChI=1S/C18H14Cl2N2O3S/c1-24-14-4-3-10(15(9-14)25-2)5-16-17(23)22-18(26-16)21-13-7-11(19)6-12(20)8-13/h3-9H,1-2H3,(H,21,22,23). The van der Waals surface area contributed by atoms with E-state index in [1.165, 1.54) is 11.8 Å². The lowest BCUT2D eigenvalue weighted by Crippen LogP contribution is -2.19. The number of hydrogen-bond donors (Lipinski definition) is 1. The average molecular weight is 409 g/mol. The van der Waals surface area contributed by atoms with Gasteiger partial charge in [0.15, 0.2) is 5.17 Å². The summed E-state index contributed by atoms with van der Waals surface area (Å²) in [6.45, 7) is 0. The Bertz CT molecular complexity index is 908. The minimum Gasteiger partial charge on any atom is -0.497 e. The molecule has 26 heavy (non-hydrogen) atoms. The molecule has 0 radical (unpaired) electrons. The van der Waals surface area contributed by atoms with Gasteiger partial charge in [-0.25, -0.2) is 4.99 Å². The smallest absolute Gasteiger partial charge is 0.264 e. The first-order valence-electron chi connectivity index (χ1n) is 7.46. The number of nitrogens with one attached hydrogen (secondary N) is 1. The van der Waals surface area contributed by atoms with Crippen molar-refractivity contribution in [2.75, 3.05) is 14.2 Å². The molecule has 0 unspecified atom stereocenters. The zero-order valence-electron chi connectivity index (χ0n) is 13.9. The Morgan fingerprint density at radius 2 is 1.81 bits per heavy atom. The molecule has 0 bridgehead atoms. The summed E-state index contributed by atoms with van der Waals surface area (Å²) in [6, 6.07) is 10.3. The zero-order chi connectivity index (χ0) is 18.7. The van der Waals surface area contributed by atoms with Crippen molar-refractivity contribution in [1.29, 1.82) is 0 Å². The van der Waals surface area contributed by atoms with Gasteiger partial charge in [0.1, 0.15) is 11.5 Å². The molecule has 0 spiro atoms. The normalized spacial score (nSPS) is 16.8.